The summed E-state index contributed by atoms with van der Waals surface area (Å²) in [6, 6.07) is 18.3. The molecule has 0 spiro atoms. The fraction of sp³-hybridized carbons (Fsp3) is 0.176. The molecule has 0 aliphatic carbocycles. The van der Waals surface area contributed by atoms with E-state index in [1.807, 2.05) is 37.3 Å². The van der Waals surface area contributed by atoms with Gasteiger partial charge >= 0.3 is 0 Å². The second-order valence-electron chi connectivity index (χ2n) is 4.92. The van der Waals surface area contributed by atoms with Crippen LogP contribution in [0.15, 0.2) is 60.8 Å². The summed E-state index contributed by atoms with van der Waals surface area (Å²) in [6.45, 7) is 1.92. The molecule has 1 unspecified atom stereocenters. The molecule has 3 aromatic rings. The Labute approximate surface area is 123 Å². The molecule has 1 aromatic heterocycles. The molecule has 0 fully saturated rings. The minimum absolute atomic E-state index is 0.553. The Hall–Kier alpha value is -2.46. The van der Waals surface area contributed by atoms with E-state index in [4.69, 9.17) is 0 Å². The lowest BCUT2D eigenvalue weighted by Gasteiger charge is -2.04. The van der Waals surface area contributed by atoms with Crippen LogP contribution in [0, 0.1) is 0 Å². The van der Waals surface area contributed by atoms with Crippen LogP contribution in [0.3, 0.4) is 0 Å². The largest absolute Gasteiger partial charge is 0.387 e. The monoisotopic (exact) mass is 279 g/mol. The number of aliphatic hydroxyl groups excluding tert-OH is 1. The van der Waals surface area contributed by atoms with Crippen LogP contribution in [0.4, 0.5) is 0 Å². The minimum Gasteiger partial charge on any atom is -0.387 e. The van der Waals surface area contributed by atoms with Crippen molar-refractivity contribution in [3.63, 3.8) is 0 Å². The average molecular weight is 279 g/mol. The van der Waals surface area contributed by atoms with E-state index in [0.29, 0.717) is 12.1 Å². The SMILES string of the molecule is CCC(O)c1cn(-c2ccc(-c3ccccc3)cc2)nn1. The summed E-state index contributed by atoms with van der Waals surface area (Å²) in [5, 5.41) is 17.8. The predicted octanol–water partition coefficient (Wildman–Crippen LogP) is 3.38. The van der Waals surface area contributed by atoms with Gasteiger partial charge in [0.1, 0.15) is 5.69 Å². The van der Waals surface area contributed by atoms with Crippen LogP contribution in [0.2, 0.25) is 0 Å². The minimum atomic E-state index is -0.553. The van der Waals surface area contributed by atoms with Crippen LogP contribution in [-0.4, -0.2) is 20.1 Å². The summed E-state index contributed by atoms with van der Waals surface area (Å²) in [4.78, 5) is 0. The van der Waals surface area contributed by atoms with Crippen molar-refractivity contribution in [3.8, 4) is 16.8 Å². The third-order valence-corrected chi connectivity index (χ3v) is 3.48. The quantitative estimate of drug-likeness (QED) is 0.796. The number of hydrogen-bond acceptors (Lipinski definition) is 3. The molecule has 0 aliphatic rings. The number of aromatic nitrogens is 3. The summed E-state index contributed by atoms with van der Waals surface area (Å²) >= 11 is 0. The Morgan fingerprint density at radius 3 is 2.33 bits per heavy atom. The first-order valence-corrected chi connectivity index (χ1v) is 7.04. The topological polar surface area (TPSA) is 50.9 Å². The van der Waals surface area contributed by atoms with Gasteiger partial charge in [0.2, 0.25) is 0 Å². The third kappa shape index (κ3) is 2.85. The molecular formula is C17H17N3O. The highest BCUT2D eigenvalue weighted by molar-refractivity contribution is 5.64. The van der Waals surface area contributed by atoms with Crippen LogP contribution in [-0.2, 0) is 0 Å². The highest BCUT2D eigenvalue weighted by Gasteiger charge is 2.10. The number of hydrogen-bond donors (Lipinski definition) is 1. The standard InChI is InChI=1S/C17H17N3O/c1-2-17(21)16-12-20(19-18-16)15-10-8-14(9-11-15)13-6-4-3-5-7-13/h3-12,17,21H,2H2,1H3. The highest BCUT2D eigenvalue weighted by atomic mass is 16.3. The van der Waals surface area contributed by atoms with E-state index in [1.165, 1.54) is 5.56 Å². The summed E-state index contributed by atoms with van der Waals surface area (Å²) in [5.74, 6) is 0. The van der Waals surface area contributed by atoms with Crippen LogP contribution >= 0.6 is 0 Å². The average Bonchev–Trinajstić information content (AvgIpc) is 3.05. The molecule has 0 bridgehead atoms. The first-order chi connectivity index (χ1) is 10.3. The molecule has 0 amide bonds. The molecule has 106 valence electrons. The molecule has 1 heterocycles. The normalized spacial score (nSPS) is 12.3. The van der Waals surface area contributed by atoms with Gasteiger partial charge in [-0.05, 0) is 29.7 Å². The Balaban J connectivity index is 1.86. The van der Waals surface area contributed by atoms with E-state index in [-0.39, 0.29) is 0 Å². The molecule has 2 aromatic carbocycles. The number of benzene rings is 2. The zero-order valence-electron chi connectivity index (χ0n) is 11.8. The zero-order chi connectivity index (χ0) is 14.7. The maximum Gasteiger partial charge on any atom is 0.112 e. The summed E-state index contributed by atoms with van der Waals surface area (Å²) in [6.07, 6.45) is 1.85. The van der Waals surface area contributed by atoms with Gasteiger partial charge in [0, 0.05) is 0 Å². The van der Waals surface area contributed by atoms with Gasteiger partial charge in [0.25, 0.3) is 0 Å². The van der Waals surface area contributed by atoms with Gasteiger partial charge in [0.05, 0.1) is 18.0 Å². The maximum absolute atomic E-state index is 9.77. The van der Waals surface area contributed by atoms with Crippen molar-refractivity contribution in [2.45, 2.75) is 19.4 Å². The van der Waals surface area contributed by atoms with Crippen molar-refractivity contribution in [1.82, 2.24) is 15.0 Å². The van der Waals surface area contributed by atoms with E-state index < -0.39 is 6.10 Å². The lowest BCUT2D eigenvalue weighted by atomic mass is 10.1. The molecule has 3 rings (SSSR count). The summed E-state index contributed by atoms with van der Waals surface area (Å²) in [7, 11) is 0. The van der Waals surface area contributed by atoms with Crippen LogP contribution < -0.4 is 0 Å². The second kappa shape index (κ2) is 5.89. The van der Waals surface area contributed by atoms with Crippen molar-refractivity contribution in [2.24, 2.45) is 0 Å². The molecule has 0 aliphatic heterocycles. The number of nitrogens with zero attached hydrogens (tertiary/aromatic N) is 3. The fourth-order valence-corrected chi connectivity index (χ4v) is 2.20. The molecule has 0 saturated carbocycles. The Morgan fingerprint density at radius 1 is 1.00 bits per heavy atom. The Kier molecular flexibility index (Phi) is 3.79. The van der Waals surface area contributed by atoms with Gasteiger partial charge in [-0.25, -0.2) is 4.68 Å². The lowest BCUT2D eigenvalue weighted by molar-refractivity contribution is 0.169. The molecule has 1 N–H and O–H groups in total. The fourth-order valence-electron chi connectivity index (χ4n) is 2.20. The van der Waals surface area contributed by atoms with Crippen molar-refractivity contribution >= 4 is 0 Å². The number of rotatable bonds is 4. The highest BCUT2D eigenvalue weighted by Crippen LogP contribution is 2.21. The van der Waals surface area contributed by atoms with Gasteiger partial charge in [0.15, 0.2) is 0 Å². The lowest BCUT2D eigenvalue weighted by Crippen LogP contribution is -1.95. The zero-order valence-corrected chi connectivity index (χ0v) is 11.8. The maximum atomic E-state index is 9.77. The molecule has 0 saturated heterocycles. The smallest absolute Gasteiger partial charge is 0.112 e. The van der Waals surface area contributed by atoms with E-state index in [2.05, 4.69) is 34.6 Å². The first kappa shape index (κ1) is 13.5. The van der Waals surface area contributed by atoms with E-state index in [1.54, 1.807) is 10.9 Å². The van der Waals surface area contributed by atoms with Crippen molar-refractivity contribution in [1.29, 1.82) is 0 Å². The van der Waals surface area contributed by atoms with Crippen LogP contribution in [0.1, 0.15) is 25.1 Å². The molecule has 0 radical (unpaired) electrons. The predicted molar refractivity (Wildman–Crippen MR) is 82.0 cm³/mol. The van der Waals surface area contributed by atoms with Crippen molar-refractivity contribution in [3.05, 3.63) is 66.5 Å². The molecular weight excluding hydrogens is 262 g/mol. The summed E-state index contributed by atoms with van der Waals surface area (Å²) < 4.78 is 1.68. The molecule has 21 heavy (non-hydrogen) atoms. The van der Waals surface area contributed by atoms with Crippen LogP contribution in [0.25, 0.3) is 16.8 Å². The Bertz CT molecular complexity index is 704. The van der Waals surface area contributed by atoms with Gasteiger partial charge in [-0.15, -0.1) is 5.10 Å². The van der Waals surface area contributed by atoms with E-state index in [0.717, 1.165) is 11.3 Å². The van der Waals surface area contributed by atoms with Crippen molar-refractivity contribution < 1.29 is 5.11 Å². The summed E-state index contributed by atoms with van der Waals surface area (Å²) in [5.41, 5.74) is 3.87. The first-order valence-electron chi connectivity index (χ1n) is 7.04. The molecule has 1 atom stereocenters. The molecule has 4 heteroatoms. The van der Waals surface area contributed by atoms with Gasteiger partial charge in [-0.1, -0.05) is 54.6 Å². The van der Waals surface area contributed by atoms with Gasteiger partial charge < -0.3 is 5.11 Å². The van der Waals surface area contributed by atoms with Crippen molar-refractivity contribution in [2.75, 3.05) is 0 Å². The van der Waals surface area contributed by atoms with E-state index >= 15 is 0 Å². The molecule has 4 nitrogen and oxygen atoms in total. The Morgan fingerprint density at radius 2 is 1.67 bits per heavy atom. The number of aliphatic hydroxyl groups is 1. The second-order valence-corrected chi connectivity index (χ2v) is 4.92. The third-order valence-electron chi connectivity index (χ3n) is 3.48. The van der Waals surface area contributed by atoms with Gasteiger partial charge in [-0.3, -0.25) is 0 Å². The van der Waals surface area contributed by atoms with Gasteiger partial charge in [-0.2, -0.15) is 0 Å². The van der Waals surface area contributed by atoms with Crippen LogP contribution in [0.5, 0.6) is 0 Å². The van der Waals surface area contributed by atoms with E-state index in [9.17, 15) is 5.11 Å².